The first kappa shape index (κ1) is 10.4. The molecule has 0 heterocycles. The van der Waals surface area contributed by atoms with E-state index in [2.05, 4.69) is 0 Å². The average Bonchev–Trinajstić information content (AvgIpc) is 2.03. The lowest BCUT2D eigenvalue weighted by molar-refractivity contribution is -0.138. The van der Waals surface area contributed by atoms with Crippen molar-refractivity contribution in [2.24, 2.45) is 0 Å². The van der Waals surface area contributed by atoms with Gasteiger partial charge in [-0.05, 0) is 24.1 Å². The fraction of sp³-hybridized carbons (Fsp3) is 0.333. The second-order valence-electron chi connectivity index (χ2n) is 2.78. The van der Waals surface area contributed by atoms with Crippen LogP contribution in [-0.4, -0.2) is 0 Å². The predicted molar refractivity (Wildman–Crippen MR) is 45.7 cm³/mol. The van der Waals surface area contributed by atoms with Crippen LogP contribution in [0.1, 0.15) is 16.7 Å². The standard InChI is InChI=1S/C9H8ClF3/c1-6-2-3-7(5-10)4-8(6)9(11,12)13/h2-4H,5H2,1H3. The molecule has 0 bridgehead atoms. The Morgan fingerprint density at radius 2 is 1.92 bits per heavy atom. The normalized spacial score (nSPS) is 11.8. The third-order valence-corrected chi connectivity index (χ3v) is 2.07. The molecule has 0 atom stereocenters. The highest BCUT2D eigenvalue weighted by atomic mass is 35.5. The summed E-state index contributed by atoms with van der Waals surface area (Å²) in [5.74, 6) is 0.101. The van der Waals surface area contributed by atoms with Crippen LogP contribution in [0.25, 0.3) is 0 Å². The maximum Gasteiger partial charge on any atom is 0.416 e. The van der Waals surface area contributed by atoms with E-state index in [0.717, 1.165) is 6.07 Å². The van der Waals surface area contributed by atoms with E-state index in [1.54, 1.807) is 6.07 Å². The van der Waals surface area contributed by atoms with Crippen molar-refractivity contribution in [3.63, 3.8) is 0 Å². The molecule has 0 spiro atoms. The molecule has 0 aromatic heterocycles. The van der Waals surface area contributed by atoms with Crippen LogP contribution in [0.3, 0.4) is 0 Å². The lowest BCUT2D eigenvalue weighted by atomic mass is 10.1. The van der Waals surface area contributed by atoms with E-state index in [1.165, 1.54) is 13.0 Å². The van der Waals surface area contributed by atoms with Crippen LogP contribution in [0.5, 0.6) is 0 Å². The molecule has 0 fully saturated rings. The molecule has 0 saturated carbocycles. The van der Waals surface area contributed by atoms with Crippen LogP contribution >= 0.6 is 11.6 Å². The maximum atomic E-state index is 12.3. The van der Waals surface area contributed by atoms with Crippen LogP contribution < -0.4 is 0 Å². The molecule has 0 aliphatic rings. The molecule has 0 N–H and O–H groups in total. The molecule has 0 amide bonds. The van der Waals surface area contributed by atoms with Gasteiger partial charge in [0, 0.05) is 5.88 Å². The topological polar surface area (TPSA) is 0 Å². The van der Waals surface area contributed by atoms with Crippen LogP contribution in [-0.2, 0) is 12.1 Å². The highest BCUT2D eigenvalue weighted by Gasteiger charge is 2.32. The van der Waals surface area contributed by atoms with Crippen molar-refractivity contribution in [1.29, 1.82) is 0 Å². The summed E-state index contributed by atoms with van der Waals surface area (Å²) in [5.41, 5.74) is 0.103. The third kappa shape index (κ3) is 2.37. The Balaban J connectivity index is 3.19. The fourth-order valence-corrected chi connectivity index (χ4v) is 1.22. The van der Waals surface area contributed by atoms with Crippen LogP contribution in [0.15, 0.2) is 18.2 Å². The Morgan fingerprint density at radius 1 is 1.31 bits per heavy atom. The van der Waals surface area contributed by atoms with E-state index < -0.39 is 11.7 Å². The quantitative estimate of drug-likeness (QED) is 0.617. The zero-order valence-corrected chi connectivity index (χ0v) is 7.71. The van der Waals surface area contributed by atoms with Gasteiger partial charge in [-0.3, -0.25) is 0 Å². The van der Waals surface area contributed by atoms with Crippen molar-refractivity contribution in [1.82, 2.24) is 0 Å². The zero-order valence-electron chi connectivity index (χ0n) is 6.95. The molecule has 0 aliphatic carbocycles. The monoisotopic (exact) mass is 208 g/mol. The molecule has 13 heavy (non-hydrogen) atoms. The van der Waals surface area contributed by atoms with Gasteiger partial charge in [-0.1, -0.05) is 12.1 Å². The molecule has 0 radical (unpaired) electrons. The summed E-state index contributed by atoms with van der Waals surface area (Å²) in [7, 11) is 0. The average molecular weight is 209 g/mol. The Kier molecular flexibility index (Phi) is 2.86. The summed E-state index contributed by atoms with van der Waals surface area (Å²) in [6, 6.07) is 4.11. The van der Waals surface area contributed by atoms with Gasteiger partial charge in [0.05, 0.1) is 5.56 Å². The Labute approximate surface area is 79.3 Å². The minimum absolute atomic E-state index is 0.101. The molecule has 72 valence electrons. The van der Waals surface area contributed by atoms with Gasteiger partial charge in [0.1, 0.15) is 0 Å². The first-order chi connectivity index (χ1) is 5.95. The predicted octanol–water partition coefficient (Wildman–Crippen LogP) is 3.75. The summed E-state index contributed by atoms with van der Waals surface area (Å²) >= 11 is 5.43. The van der Waals surface area contributed by atoms with Crippen LogP contribution in [0, 0.1) is 6.92 Å². The molecule has 1 rings (SSSR count). The smallest absolute Gasteiger partial charge is 0.166 e. The van der Waals surface area contributed by atoms with Crippen molar-refractivity contribution in [3.8, 4) is 0 Å². The van der Waals surface area contributed by atoms with Crippen molar-refractivity contribution >= 4 is 11.6 Å². The second kappa shape index (κ2) is 3.58. The third-order valence-electron chi connectivity index (χ3n) is 1.76. The summed E-state index contributed by atoms with van der Waals surface area (Å²) in [5, 5.41) is 0. The molecule has 1 aromatic rings. The highest BCUT2D eigenvalue weighted by molar-refractivity contribution is 6.17. The number of aryl methyl sites for hydroxylation is 1. The van der Waals surface area contributed by atoms with Gasteiger partial charge in [-0.2, -0.15) is 13.2 Å². The highest BCUT2D eigenvalue weighted by Crippen LogP contribution is 2.32. The molecule has 4 heteroatoms. The minimum atomic E-state index is -4.29. The Hall–Kier alpha value is -0.700. The van der Waals surface area contributed by atoms with E-state index in [9.17, 15) is 13.2 Å². The lowest BCUT2D eigenvalue weighted by Gasteiger charge is -2.10. The molecule has 1 aromatic carbocycles. The minimum Gasteiger partial charge on any atom is -0.166 e. The van der Waals surface area contributed by atoms with E-state index in [-0.39, 0.29) is 11.4 Å². The molecule has 0 unspecified atom stereocenters. The van der Waals surface area contributed by atoms with Gasteiger partial charge in [0.2, 0.25) is 0 Å². The maximum absolute atomic E-state index is 12.3. The van der Waals surface area contributed by atoms with Crippen molar-refractivity contribution in [2.75, 3.05) is 0 Å². The van der Waals surface area contributed by atoms with Gasteiger partial charge in [-0.25, -0.2) is 0 Å². The van der Waals surface area contributed by atoms with E-state index in [1.807, 2.05) is 0 Å². The molecule has 0 nitrogen and oxygen atoms in total. The van der Waals surface area contributed by atoms with E-state index in [4.69, 9.17) is 11.6 Å². The Bertz CT molecular complexity index is 304. The SMILES string of the molecule is Cc1ccc(CCl)cc1C(F)(F)F. The fourth-order valence-electron chi connectivity index (χ4n) is 1.06. The number of hydrogen-bond acceptors (Lipinski definition) is 0. The lowest BCUT2D eigenvalue weighted by Crippen LogP contribution is -2.07. The van der Waals surface area contributed by atoms with Crippen molar-refractivity contribution in [3.05, 3.63) is 34.9 Å². The summed E-state index contributed by atoms with van der Waals surface area (Å²) in [6.45, 7) is 1.43. The van der Waals surface area contributed by atoms with Crippen LogP contribution in [0.2, 0.25) is 0 Å². The van der Waals surface area contributed by atoms with Crippen LogP contribution in [0.4, 0.5) is 13.2 Å². The number of rotatable bonds is 1. The van der Waals surface area contributed by atoms with Gasteiger partial charge in [0.15, 0.2) is 0 Å². The summed E-state index contributed by atoms with van der Waals surface area (Å²) < 4.78 is 37.0. The second-order valence-corrected chi connectivity index (χ2v) is 3.05. The van der Waals surface area contributed by atoms with Crippen molar-refractivity contribution < 1.29 is 13.2 Å². The molecular weight excluding hydrogens is 201 g/mol. The van der Waals surface area contributed by atoms with Gasteiger partial charge in [-0.15, -0.1) is 11.6 Å². The largest absolute Gasteiger partial charge is 0.416 e. The first-order valence-electron chi connectivity index (χ1n) is 3.68. The number of halogens is 4. The van der Waals surface area contributed by atoms with Gasteiger partial charge >= 0.3 is 6.18 Å². The number of hydrogen-bond donors (Lipinski definition) is 0. The number of alkyl halides is 4. The van der Waals surface area contributed by atoms with E-state index in [0.29, 0.717) is 5.56 Å². The summed E-state index contributed by atoms with van der Waals surface area (Å²) in [6.07, 6.45) is -4.29. The van der Waals surface area contributed by atoms with Gasteiger partial charge in [0.25, 0.3) is 0 Å². The number of benzene rings is 1. The van der Waals surface area contributed by atoms with Gasteiger partial charge < -0.3 is 0 Å². The molecular formula is C9H8ClF3. The molecule has 0 aliphatic heterocycles. The molecule has 0 saturated heterocycles. The van der Waals surface area contributed by atoms with Crippen molar-refractivity contribution in [2.45, 2.75) is 19.0 Å². The first-order valence-corrected chi connectivity index (χ1v) is 4.21. The Morgan fingerprint density at radius 3 is 2.38 bits per heavy atom. The zero-order chi connectivity index (χ0) is 10.1. The van der Waals surface area contributed by atoms with E-state index >= 15 is 0 Å². The summed E-state index contributed by atoms with van der Waals surface area (Å²) in [4.78, 5) is 0.